The lowest BCUT2D eigenvalue weighted by Crippen LogP contribution is -2.56. The summed E-state index contributed by atoms with van der Waals surface area (Å²) in [5.74, 6) is -0.158. The zero-order valence-corrected chi connectivity index (χ0v) is 20.1. The molecule has 0 radical (unpaired) electrons. The van der Waals surface area contributed by atoms with Crippen molar-refractivity contribution in [3.63, 3.8) is 0 Å². The van der Waals surface area contributed by atoms with E-state index in [1.54, 1.807) is 26.7 Å². The van der Waals surface area contributed by atoms with E-state index in [-0.39, 0.29) is 18.4 Å². The number of H-pyrrole nitrogens is 1. The number of rotatable bonds is 4. The van der Waals surface area contributed by atoms with Crippen molar-refractivity contribution in [3.8, 4) is 11.1 Å². The number of hydrogen-bond acceptors (Lipinski definition) is 5. The Bertz CT molecular complexity index is 1460. The van der Waals surface area contributed by atoms with Crippen LogP contribution in [-0.2, 0) is 0 Å². The van der Waals surface area contributed by atoms with E-state index < -0.39 is 5.60 Å². The fourth-order valence-electron chi connectivity index (χ4n) is 5.36. The molecule has 0 atom stereocenters. The first-order chi connectivity index (χ1) is 17.4. The number of fused-ring (bicyclic) bond motifs is 2. The van der Waals surface area contributed by atoms with Gasteiger partial charge in [0.25, 0.3) is 11.8 Å². The van der Waals surface area contributed by atoms with Gasteiger partial charge in [0.1, 0.15) is 12.4 Å². The predicted molar refractivity (Wildman–Crippen MR) is 136 cm³/mol. The number of nitrogens with zero attached hydrogens (tertiary/aromatic N) is 4. The smallest absolute Gasteiger partial charge is 0.273 e. The molecule has 2 aliphatic rings. The Hall–Kier alpha value is -4.11. The van der Waals surface area contributed by atoms with Crippen LogP contribution in [-0.4, -0.2) is 73.5 Å². The van der Waals surface area contributed by atoms with Crippen LogP contribution in [0.25, 0.3) is 22.0 Å². The van der Waals surface area contributed by atoms with Crippen LogP contribution in [0.15, 0.2) is 60.9 Å². The molecule has 2 aromatic heterocycles. The Morgan fingerprint density at radius 2 is 1.97 bits per heavy atom. The van der Waals surface area contributed by atoms with E-state index in [0.717, 1.165) is 27.6 Å². The summed E-state index contributed by atoms with van der Waals surface area (Å²) in [6, 6.07) is 15.3. The number of benzene rings is 2. The Morgan fingerprint density at radius 3 is 2.81 bits per heavy atom. The number of nitrogens with one attached hydrogen (secondary N) is 2. The number of amides is 2. The summed E-state index contributed by atoms with van der Waals surface area (Å²) in [5, 5.41) is 19.4. The Morgan fingerprint density at radius 1 is 1.14 bits per heavy atom. The van der Waals surface area contributed by atoms with E-state index >= 15 is 0 Å². The Balaban J connectivity index is 1.15. The standard InChI is InChI=1S/C27H28N6O3/c1-18-7-8-22-21(15-28-30-22)24(18)19-4-2-5-20(14-19)25(34)31-12-9-27(36,10-13-31)16-32-17-29-33-11-3-6-23(33)26(32)35/h2-8,11,14-15,29,36H,9-10,12-13,16-17H2,1H3,(H,28,30). The first-order valence-corrected chi connectivity index (χ1v) is 12.2. The molecule has 0 spiro atoms. The van der Waals surface area contributed by atoms with Gasteiger partial charge in [0.05, 0.1) is 23.9 Å². The molecule has 184 valence electrons. The fourth-order valence-corrected chi connectivity index (χ4v) is 5.36. The number of piperidine rings is 1. The molecule has 6 rings (SSSR count). The highest BCUT2D eigenvalue weighted by molar-refractivity contribution is 5.99. The topological polar surface area (TPSA) is 106 Å². The van der Waals surface area contributed by atoms with Crippen LogP contribution in [0.2, 0.25) is 0 Å². The monoisotopic (exact) mass is 484 g/mol. The summed E-state index contributed by atoms with van der Waals surface area (Å²) in [7, 11) is 0. The summed E-state index contributed by atoms with van der Waals surface area (Å²) in [5.41, 5.74) is 7.41. The van der Waals surface area contributed by atoms with Gasteiger partial charge in [-0.15, -0.1) is 0 Å². The number of aromatic nitrogens is 3. The molecule has 0 aliphatic carbocycles. The SMILES string of the molecule is Cc1ccc2[nH]ncc2c1-c1cccc(C(=O)N2CCC(O)(CN3CNn4cccc4C3=O)CC2)c1. The van der Waals surface area contributed by atoms with Gasteiger partial charge in [0, 0.05) is 30.2 Å². The molecular formula is C27H28N6O3. The van der Waals surface area contributed by atoms with Crippen molar-refractivity contribution in [2.24, 2.45) is 0 Å². The Kier molecular flexibility index (Phi) is 5.30. The maximum Gasteiger partial charge on any atom is 0.273 e. The number of β-amino-alcohol motifs (C(OH)–C–C–N with tert-alkyl or cyclic N) is 1. The number of likely N-dealkylation sites (tertiary alicyclic amines) is 1. The van der Waals surface area contributed by atoms with Gasteiger partial charge < -0.3 is 20.3 Å². The van der Waals surface area contributed by atoms with Crippen LogP contribution >= 0.6 is 0 Å². The van der Waals surface area contributed by atoms with Gasteiger partial charge in [0.2, 0.25) is 0 Å². The quantitative estimate of drug-likeness (QED) is 0.413. The average Bonchev–Trinajstić information content (AvgIpc) is 3.56. The fraction of sp³-hybridized carbons (Fsp3) is 0.296. The zero-order chi connectivity index (χ0) is 24.9. The van der Waals surface area contributed by atoms with Crippen molar-refractivity contribution in [3.05, 3.63) is 77.7 Å². The zero-order valence-electron chi connectivity index (χ0n) is 20.1. The van der Waals surface area contributed by atoms with Crippen molar-refractivity contribution < 1.29 is 14.7 Å². The van der Waals surface area contributed by atoms with Gasteiger partial charge in [-0.25, -0.2) is 0 Å². The molecule has 3 N–H and O–H groups in total. The molecule has 9 heteroatoms. The average molecular weight is 485 g/mol. The lowest BCUT2D eigenvalue weighted by atomic mass is 9.90. The minimum absolute atomic E-state index is 0.0514. The molecule has 2 aromatic carbocycles. The molecule has 4 aromatic rings. The van der Waals surface area contributed by atoms with E-state index in [2.05, 4.69) is 28.6 Å². The largest absolute Gasteiger partial charge is 0.388 e. The first-order valence-electron chi connectivity index (χ1n) is 12.2. The van der Waals surface area contributed by atoms with Crippen LogP contribution in [0, 0.1) is 6.92 Å². The van der Waals surface area contributed by atoms with Crippen LogP contribution in [0.4, 0.5) is 0 Å². The second-order valence-corrected chi connectivity index (χ2v) is 9.77. The maximum atomic E-state index is 13.4. The van der Waals surface area contributed by atoms with Crippen LogP contribution in [0.1, 0.15) is 39.3 Å². The molecule has 2 aliphatic heterocycles. The number of hydrogen-bond donors (Lipinski definition) is 3. The molecule has 4 heterocycles. The van der Waals surface area contributed by atoms with Gasteiger partial charge in [-0.2, -0.15) is 5.10 Å². The number of aryl methyl sites for hydroxylation is 1. The van der Waals surface area contributed by atoms with Crippen molar-refractivity contribution in [2.75, 3.05) is 31.7 Å². The van der Waals surface area contributed by atoms with E-state index in [1.807, 2.05) is 42.6 Å². The van der Waals surface area contributed by atoms with Gasteiger partial charge in [-0.3, -0.25) is 19.4 Å². The summed E-state index contributed by atoms with van der Waals surface area (Å²) < 4.78 is 1.70. The third-order valence-electron chi connectivity index (χ3n) is 7.38. The lowest BCUT2D eigenvalue weighted by Gasteiger charge is -2.42. The molecule has 0 bridgehead atoms. The van der Waals surface area contributed by atoms with Crippen LogP contribution in [0.5, 0.6) is 0 Å². The van der Waals surface area contributed by atoms with Gasteiger partial charge >= 0.3 is 0 Å². The van der Waals surface area contributed by atoms with Gasteiger partial charge in [0.15, 0.2) is 0 Å². The first kappa shape index (κ1) is 22.4. The molecule has 0 saturated carbocycles. The molecule has 1 saturated heterocycles. The molecular weight excluding hydrogens is 456 g/mol. The van der Waals surface area contributed by atoms with Crippen molar-refractivity contribution in [1.82, 2.24) is 24.7 Å². The maximum absolute atomic E-state index is 13.4. The van der Waals surface area contributed by atoms with Gasteiger partial charge in [-0.05, 0) is 66.8 Å². The summed E-state index contributed by atoms with van der Waals surface area (Å²) in [4.78, 5) is 29.6. The number of aliphatic hydroxyl groups is 1. The van der Waals surface area contributed by atoms with Crippen LogP contribution in [0.3, 0.4) is 0 Å². The third-order valence-corrected chi connectivity index (χ3v) is 7.38. The van der Waals surface area contributed by atoms with E-state index in [9.17, 15) is 14.7 Å². The van der Waals surface area contributed by atoms with Crippen LogP contribution < -0.4 is 5.43 Å². The summed E-state index contributed by atoms with van der Waals surface area (Å²) in [6.07, 6.45) is 4.44. The molecule has 0 unspecified atom stereocenters. The van der Waals surface area contributed by atoms with Crippen molar-refractivity contribution in [1.29, 1.82) is 0 Å². The van der Waals surface area contributed by atoms with E-state index in [1.165, 1.54) is 0 Å². The number of carbonyl (C=O) groups is 2. The normalized spacial score (nSPS) is 17.2. The molecule has 2 amide bonds. The highest BCUT2D eigenvalue weighted by Crippen LogP contribution is 2.32. The Labute approximate surface area is 208 Å². The third kappa shape index (κ3) is 3.81. The predicted octanol–water partition coefficient (Wildman–Crippen LogP) is 2.96. The number of carbonyl (C=O) groups excluding carboxylic acids is 2. The summed E-state index contributed by atoms with van der Waals surface area (Å²) in [6.45, 7) is 3.49. The van der Waals surface area contributed by atoms with Crippen molar-refractivity contribution >= 4 is 22.7 Å². The lowest BCUT2D eigenvalue weighted by molar-refractivity contribution is -0.0369. The minimum Gasteiger partial charge on any atom is -0.388 e. The second kappa shape index (κ2) is 8.53. The molecule has 9 nitrogen and oxygen atoms in total. The second-order valence-electron chi connectivity index (χ2n) is 9.77. The number of aromatic amines is 1. The highest BCUT2D eigenvalue weighted by Gasteiger charge is 2.38. The van der Waals surface area contributed by atoms with Crippen molar-refractivity contribution in [2.45, 2.75) is 25.4 Å². The van der Waals surface area contributed by atoms with E-state index in [0.29, 0.717) is 43.9 Å². The molecule has 1 fully saturated rings. The minimum atomic E-state index is -1.03. The highest BCUT2D eigenvalue weighted by atomic mass is 16.3. The summed E-state index contributed by atoms with van der Waals surface area (Å²) >= 11 is 0. The molecule has 36 heavy (non-hydrogen) atoms. The van der Waals surface area contributed by atoms with E-state index in [4.69, 9.17) is 0 Å². The van der Waals surface area contributed by atoms with Gasteiger partial charge in [-0.1, -0.05) is 18.2 Å².